The summed E-state index contributed by atoms with van der Waals surface area (Å²) in [7, 11) is 0. The first-order valence-electron chi connectivity index (χ1n) is 7.64. The Labute approximate surface area is 136 Å². The number of benzene rings is 2. The van der Waals surface area contributed by atoms with E-state index in [-0.39, 0.29) is 25.0 Å². The van der Waals surface area contributed by atoms with Gasteiger partial charge < -0.3 is 9.64 Å². The van der Waals surface area contributed by atoms with E-state index < -0.39 is 5.97 Å². The van der Waals surface area contributed by atoms with Crippen LogP contribution in [0.2, 0.25) is 0 Å². The number of carbonyl (C=O) groups excluding carboxylic acids is 2. The van der Waals surface area contributed by atoms with E-state index in [4.69, 9.17) is 4.74 Å². The summed E-state index contributed by atoms with van der Waals surface area (Å²) in [6, 6.07) is 18.7. The molecular formula is C19H21NO3. The normalized spacial score (nSPS) is 10.4. The summed E-state index contributed by atoms with van der Waals surface area (Å²) in [5, 5.41) is 0. The summed E-state index contributed by atoms with van der Waals surface area (Å²) < 4.78 is 5.13. The van der Waals surface area contributed by atoms with Gasteiger partial charge in [0.15, 0.2) is 6.61 Å². The van der Waals surface area contributed by atoms with Gasteiger partial charge in [0.1, 0.15) is 0 Å². The molecule has 0 spiro atoms. The van der Waals surface area contributed by atoms with Gasteiger partial charge >= 0.3 is 5.97 Å². The van der Waals surface area contributed by atoms with Gasteiger partial charge in [-0.05, 0) is 31.5 Å². The van der Waals surface area contributed by atoms with Gasteiger partial charge in [-0.25, -0.2) is 0 Å². The number of carbonyl (C=O) groups is 2. The molecule has 120 valence electrons. The molecule has 4 nitrogen and oxygen atoms in total. The standard InChI is InChI=1S/C19H21NO3/c1-15(2)20(17-11-7-4-8-12-17)18(21)14-23-19(22)13-16-9-5-3-6-10-16/h3-12,15H,13-14H2,1-2H3. The van der Waals surface area contributed by atoms with Crippen LogP contribution in [0.4, 0.5) is 5.69 Å². The summed E-state index contributed by atoms with van der Waals surface area (Å²) in [5.41, 5.74) is 1.67. The van der Waals surface area contributed by atoms with Crippen LogP contribution in [0.3, 0.4) is 0 Å². The zero-order valence-electron chi connectivity index (χ0n) is 13.4. The first-order valence-corrected chi connectivity index (χ1v) is 7.64. The van der Waals surface area contributed by atoms with E-state index in [0.717, 1.165) is 11.3 Å². The number of amides is 1. The van der Waals surface area contributed by atoms with Crippen LogP contribution >= 0.6 is 0 Å². The Morgan fingerprint density at radius 3 is 2.09 bits per heavy atom. The van der Waals surface area contributed by atoms with Crippen LogP contribution in [-0.4, -0.2) is 24.5 Å². The number of hydrogen-bond donors (Lipinski definition) is 0. The smallest absolute Gasteiger partial charge is 0.310 e. The van der Waals surface area contributed by atoms with Crippen molar-refractivity contribution < 1.29 is 14.3 Å². The van der Waals surface area contributed by atoms with Crippen molar-refractivity contribution in [3.05, 3.63) is 66.2 Å². The van der Waals surface area contributed by atoms with E-state index in [9.17, 15) is 9.59 Å². The molecule has 0 unspecified atom stereocenters. The minimum atomic E-state index is -0.402. The maximum Gasteiger partial charge on any atom is 0.310 e. The summed E-state index contributed by atoms with van der Waals surface area (Å²) in [5.74, 6) is -0.631. The van der Waals surface area contributed by atoms with Crippen LogP contribution in [0.25, 0.3) is 0 Å². The molecule has 2 aromatic carbocycles. The van der Waals surface area contributed by atoms with E-state index in [1.54, 1.807) is 4.90 Å². The molecule has 0 saturated heterocycles. The van der Waals surface area contributed by atoms with Crippen molar-refractivity contribution in [2.24, 2.45) is 0 Å². The van der Waals surface area contributed by atoms with E-state index in [1.807, 2.05) is 74.5 Å². The Hall–Kier alpha value is -2.62. The first-order chi connectivity index (χ1) is 11.1. The number of para-hydroxylation sites is 1. The molecular weight excluding hydrogens is 290 g/mol. The molecule has 23 heavy (non-hydrogen) atoms. The minimum Gasteiger partial charge on any atom is -0.455 e. The average Bonchev–Trinajstić information content (AvgIpc) is 2.55. The van der Waals surface area contributed by atoms with E-state index in [0.29, 0.717) is 0 Å². The summed E-state index contributed by atoms with van der Waals surface area (Å²) in [4.78, 5) is 25.9. The topological polar surface area (TPSA) is 46.6 Å². The predicted molar refractivity (Wildman–Crippen MR) is 90.2 cm³/mol. The van der Waals surface area contributed by atoms with Crippen LogP contribution in [0.1, 0.15) is 19.4 Å². The zero-order chi connectivity index (χ0) is 16.7. The highest BCUT2D eigenvalue weighted by Crippen LogP contribution is 2.16. The fraction of sp³-hybridized carbons (Fsp3) is 0.263. The lowest BCUT2D eigenvalue weighted by Gasteiger charge is -2.26. The first kappa shape index (κ1) is 16.7. The molecule has 0 radical (unpaired) electrons. The second-order valence-corrected chi connectivity index (χ2v) is 5.52. The number of rotatable bonds is 6. The second-order valence-electron chi connectivity index (χ2n) is 5.52. The van der Waals surface area contributed by atoms with E-state index >= 15 is 0 Å². The van der Waals surface area contributed by atoms with Crippen molar-refractivity contribution >= 4 is 17.6 Å². The van der Waals surface area contributed by atoms with Gasteiger partial charge in [-0.2, -0.15) is 0 Å². The van der Waals surface area contributed by atoms with Gasteiger partial charge in [-0.3, -0.25) is 9.59 Å². The van der Waals surface area contributed by atoms with Crippen molar-refractivity contribution in [1.29, 1.82) is 0 Å². The van der Waals surface area contributed by atoms with Crippen molar-refractivity contribution in [3.8, 4) is 0 Å². The fourth-order valence-corrected chi connectivity index (χ4v) is 2.34. The van der Waals surface area contributed by atoms with Crippen molar-refractivity contribution in [1.82, 2.24) is 0 Å². The van der Waals surface area contributed by atoms with Crippen LogP contribution in [0.5, 0.6) is 0 Å². The Kier molecular flexibility index (Phi) is 5.92. The fourth-order valence-electron chi connectivity index (χ4n) is 2.34. The van der Waals surface area contributed by atoms with Gasteiger partial charge in [-0.15, -0.1) is 0 Å². The van der Waals surface area contributed by atoms with Crippen LogP contribution in [0, 0.1) is 0 Å². The maximum absolute atomic E-state index is 12.4. The van der Waals surface area contributed by atoms with Crippen LogP contribution in [0.15, 0.2) is 60.7 Å². The molecule has 0 saturated carbocycles. The highest BCUT2D eigenvalue weighted by Gasteiger charge is 2.20. The van der Waals surface area contributed by atoms with Crippen LogP contribution < -0.4 is 4.90 Å². The molecule has 2 aromatic rings. The van der Waals surface area contributed by atoms with Gasteiger partial charge in [-0.1, -0.05) is 48.5 Å². The Morgan fingerprint density at radius 2 is 1.52 bits per heavy atom. The average molecular weight is 311 g/mol. The summed E-state index contributed by atoms with van der Waals surface area (Å²) in [6.45, 7) is 3.60. The van der Waals surface area contributed by atoms with E-state index in [2.05, 4.69) is 0 Å². The lowest BCUT2D eigenvalue weighted by Crippen LogP contribution is -2.40. The van der Waals surface area contributed by atoms with Crippen LogP contribution in [-0.2, 0) is 20.7 Å². The molecule has 0 aliphatic rings. The second kappa shape index (κ2) is 8.13. The minimum absolute atomic E-state index is 0.0160. The number of nitrogens with zero attached hydrogens (tertiary/aromatic N) is 1. The monoisotopic (exact) mass is 311 g/mol. The summed E-state index contributed by atoms with van der Waals surface area (Å²) >= 11 is 0. The lowest BCUT2D eigenvalue weighted by atomic mass is 10.2. The predicted octanol–water partition coefficient (Wildman–Crippen LogP) is 3.21. The number of ether oxygens (including phenoxy) is 1. The van der Waals surface area contributed by atoms with Crippen molar-refractivity contribution in [2.75, 3.05) is 11.5 Å². The molecule has 1 amide bonds. The zero-order valence-corrected chi connectivity index (χ0v) is 13.4. The largest absolute Gasteiger partial charge is 0.455 e. The molecule has 0 aliphatic heterocycles. The number of anilines is 1. The molecule has 0 N–H and O–H groups in total. The highest BCUT2D eigenvalue weighted by molar-refractivity contribution is 5.95. The maximum atomic E-state index is 12.4. The molecule has 0 aromatic heterocycles. The molecule has 2 rings (SSSR count). The SMILES string of the molecule is CC(C)N(C(=O)COC(=O)Cc1ccccc1)c1ccccc1. The van der Waals surface area contributed by atoms with Gasteiger partial charge in [0.05, 0.1) is 6.42 Å². The third-order valence-electron chi connectivity index (χ3n) is 3.37. The molecule has 0 bridgehead atoms. The van der Waals surface area contributed by atoms with Gasteiger partial charge in [0.2, 0.25) is 0 Å². The number of esters is 1. The van der Waals surface area contributed by atoms with Gasteiger partial charge in [0.25, 0.3) is 5.91 Å². The highest BCUT2D eigenvalue weighted by atomic mass is 16.5. The Morgan fingerprint density at radius 1 is 0.957 bits per heavy atom. The summed E-state index contributed by atoms with van der Waals surface area (Å²) in [6.07, 6.45) is 0.168. The van der Waals surface area contributed by atoms with Gasteiger partial charge in [0, 0.05) is 11.7 Å². The Balaban J connectivity index is 1.93. The van der Waals surface area contributed by atoms with E-state index in [1.165, 1.54) is 0 Å². The molecule has 4 heteroatoms. The third-order valence-corrected chi connectivity index (χ3v) is 3.37. The molecule has 0 atom stereocenters. The van der Waals surface area contributed by atoms with Crippen molar-refractivity contribution in [3.63, 3.8) is 0 Å². The quantitative estimate of drug-likeness (QED) is 0.770. The lowest BCUT2D eigenvalue weighted by molar-refractivity contribution is -0.147. The molecule has 0 fully saturated rings. The molecule has 0 aliphatic carbocycles. The van der Waals surface area contributed by atoms with Crippen molar-refractivity contribution in [2.45, 2.75) is 26.3 Å². The molecule has 0 heterocycles. The Bertz CT molecular complexity index is 638. The third kappa shape index (κ3) is 4.95. The number of hydrogen-bond acceptors (Lipinski definition) is 3.